The van der Waals surface area contributed by atoms with Crippen molar-refractivity contribution in [1.29, 1.82) is 0 Å². The number of aromatic nitrogens is 1. The van der Waals surface area contributed by atoms with Gasteiger partial charge >= 0.3 is 0 Å². The van der Waals surface area contributed by atoms with E-state index in [0.29, 0.717) is 5.56 Å². The Kier molecular flexibility index (Phi) is 4.04. The van der Waals surface area contributed by atoms with Crippen molar-refractivity contribution in [2.75, 3.05) is 13.6 Å². The van der Waals surface area contributed by atoms with Crippen molar-refractivity contribution in [3.8, 4) is 0 Å². The molecule has 0 aromatic carbocycles. The first-order valence-electron chi connectivity index (χ1n) is 4.88. The van der Waals surface area contributed by atoms with Crippen molar-refractivity contribution >= 4 is 21.8 Å². The molecule has 0 aliphatic carbocycles. The summed E-state index contributed by atoms with van der Waals surface area (Å²) in [6, 6.07) is 1.70. The average molecular weight is 287 g/mol. The van der Waals surface area contributed by atoms with E-state index in [1.54, 1.807) is 33.2 Å². The second-order valence-corrected chi connectivity index (χ2v) is 5.28. The summed E-state index contributed by atoms with van der Waals surface area (Å²) in [6.07, 6.45) is 3.13. The van der Waals surface area contributed by atoms with Gasteiger partial charge in [0.1, 0.15) is 0 Å². The van der Waals surface area contributed by atoms with E-state index >= 15 is 0 Å². The molecule has 1 aromatic heterocycles. The SMILES string of the molecule is CN(CC(C)(C)O)C(=O)c1cncc(Br)c1. The average Bonchev–Trinajstić information content (AvgIpc) is 2.14. The molecule has 0 atom stereocenters. The minimum absolute atomic E-state index is 0.157. The predicted octanol–water partition coefficient (Wildman–Crippen LogP) is 1.69. The lowest BCUT2D eigenvalue weighted by Crippen LogP contribution is -2.39. The van der Waals surface area contributed by atoms with Crippen molar-refractivity contribution in [3.63, 3.8) is 0 Å². The van der Waals surface area contributed by atoms with Gasteiger partial charge in [0.05, 0.1) is 11.2 Å². The summed E-state index contributed by atoms with van der Waals surface area (Å²) in [5.41, 5.74) is -0.398. The number of rotatable bonds is 3. The van der Waals surface area contributed by atoms with Gasteiger partial charge in [0.25, 0.3) is 5.91 Å². The molecule has 16 heavy (non-hydrogen) atoms. The maximum Gasteiger partial charge on any atom is 0.255 e. The van der Waals surface area contributed by atoms with Crippen LogP contribution in [0.1, 0.15) is 24.2 Å². The molecule has 0 spiro atoms. The lowest BCUT2D eigenvalue weighted by atomic mass is 10.1. The molecule has 0 saturated heterocycles. The van der Waals surface area contributed by atoms with Gasteiger partial charge in [-0.15, -0.1) is 0 Å². The largest absolute Gasteiger partial charge is 0.389 e. The summed E-state index contributed by atoms with van der Waals surface area (Å²) in [7, 11) is 1.65. The van der Waals surface area contributed by atoms with E-state index in [1.807, 2.05) is 0 Å². The van der Waals surface area contributed by atoms with Gasteiger partial charge in [-0.3, -0.25) is 9.78 Å². The van der Waals surface area contributed by atoms with Gasteiger partial charge in [-0.05, 0) is 35.8 Å². The highest BCUT2D eigenvalue weighted by Gasteiger charge is 2.20. The van der Waals surface area contributed by atoms with Crippen molar-refractivity contribution < 1.29 is 9.90 Å². The van der Waals surface area contributed by atoms with E-state index in [4.69, 9.17) is 0 Å². The van der Waals surface area contributed by atoms with Crippen LogP contribution in [0.25, 0.3) is 0 Å². The van der Waals surface area contributed by atoms with Gasteiger partial charge in [0, 0.05) is 30.5 Å². The van der Waals surface area contributed by atoms with Crippen LogP contribution in [0, 0.1) is 0 Å². The number of halogens is 1. The molecule has 0 radical (unpaired) electrons. The summed E-state index contributed by atoms with van der Waals surface area (Å²) in [5.74, 6) is -0.157. The zero-order valence-corrected chi connectivity index (χ0v) is 11.2. The Morgan fingerprint density at radius 2 is 2.19 bits per heavy atom. The Bertz CT molecular complexity index is 388. The van der Waals surface area contributed by atoms with E-state index in [-0.39, 0.29) is 12.5 Å². The van der Waals surface area contributed by atoms with Crippen molar-refractivity contribution in [2.45, 2.75) is 19.4 Å². The Morgan fingerprint density at radius 3 is 2.69 bits per heavy atom. The number of aliphatic hydroxyl groups is 1. The maximum absolute atomic E-state index is 11.9. The molecule has 1 aromatic rings. The lowest BCUT2D eigenvalue weighted by Gasteiger charge is -2.25. The zero-order valence-electron chi connectivity index (χ0n) is 9.57. The molecule has 1 amide bonds. The number of hydrogen-bond donors (Lipinski definition) is 1. The standard InChI is InChI=1S/C11H15BrN2O2/c1-11(2,16)7-14(3)10(15)8-4-9(12)6-13-5-8/h4-6,16H,7H2,1-3H3. The van der Waals surface area contributed by atoms with Gasteiger partial charge in [-0.2, -0.15) is 0 Å². The first-order chi connectivity index (χ1) is 7.29. The summed E-state index contributed by atoms with van der Waals surface area (Å²) in [6.45, 7) is 3.60. The van der Waals surface area contributed by atoms with Gasteiger partial charge in [0.15, 0.2) is 0 Å². The molecule has 1 heterocycles. The second kappa shape index (κ2) is 4.93. The summed E-state index contributed by atoms with van der Waals surface area (Å²) in [4.78, 5) is 17.3. The van der Waals surface area contributed by atoms with E-state index < -0.39 is 5.60 Å². The fourth-order valence-corrected chi connectivity index (χ4v) is 1.77. The van der Waals surface area contributed by atoms with E-state index in [9.17, 15) is 9.90 Å². The minimum atomic E-state index is -0.899. The molecular formula is C11H15BrN2O2. The van der Waals surface area contributed by atoms with Gasteiger partial charge in [-0.1, -0.05) is 0 Å². The molecule has 88 valence electrons. The lowest BCUT2D eigenvalue weighted by molar-refractivity contribution is 0.0367. The van der Waals surface area contributed by atoms with Crippen LogP contribution < -0.4 is 0 Å². The van der Waals surface area contributed by atoms with Crippen LogP contribution in [0.5, 0.6) is 0 Å². The van der Waals surface area contributed by atoms with Crippen LogP contribution >= 0.6 is 15.9 Å². The first-order valence-corrected chi connectivity index (χ1v) is 5.67. The summed E-state index contributed by atoms with van der Waals surface area (Å²) >= 11 is 3.26. The highest BCUT2D eigenvalue weighted by molar-refractivity contribution is 9.10. The van der Waals surface area contributed by atoms with Crippen LogP contribution in [0.3, 0.4) is 0 Å². The fraction of sp³-hybridized carbons (Fsp3) is 0.455. The number of likely N-dealkylation sites (N-methyl/N-ethyl adjacent to an activating group) is 1. The molecule has 0 aliphatic heterocycles. The van der Waals surface area contributed by atoms with Crippen LogP contribution in [-0.2, 0) is 0 Å². The molecule has 4 nitrogen and oxygen atoms in total. The van der Waals surface area contributed by atoms with Crippen molar-refractivity contribution in [1.82, 2.24) is 9.88 Å². The van der Waals surface area contributed by atoms with Gasteiger partial charge in [0.2, 0.25) is 0 Å². The summed E-state index contributed by atoms with van der Waals surface area (Å²) < 4.78 is 0.759. The van der Waals surface area contributed by atoms with Gasteiger partial charge in [-0.25, -0.2) is 0 Å². The third-order valence-corrected chi connectivity index (χ3v) is 2.36. The Balaban J connectivity index is 2.78. The topological polar surface area (TPSA) is 53.4 Å². The number of nitrogens with zero attached hydrogens (tertiary/aromatic N) is 2. The highest BCUT2D eigenvalue weighted by Crippen LogP contribution is 2.12. The minimum Gasteiger partial charge on any atom is -0.389 e. The van der Waals surface area contributed by atoms with Crippen LogP contribution in [0.4, 0.5) is 0 Å². The normalized spacial score (nSPS) is 11.3. The molecule has 0 fully saturated rings. The third-order valence-electron chi connectivity index (χ3n) is 1.92. The smallest absolute Gasteiger partial charge is 0.255 e. The van der Waals surface area contributed by atoms with Gasteiger partial charge < -0.3 is 10.0 Å². The van der Waals surface area contributed by atoms with E-state index in [1.165, 1.54) is 11.1 Å². The van der Waals surface area contributed by atoms with Crippen molar-refractivity contribution in [3.05, 3.63) is 28.5 Å². The molecule has 1 rings (SSSR count). The zero-order chi connectivity index (χ0) is 12.3. The van der Waals surface area contributed by atoms with Crippen LogP contribution in [-0.4, -0.2) is 40.1 Å². The van der Waals surface area contributed by atoms with E-state index in [2.05, 4.69) is 20.9 Å². The monoisotopic (exact) mass is 286 g/mol. The molecule has 5 heteroatoms. The number of hydrogen-bond acceptors (Lipinski definition) is 3. The molecule has 0 unspecified atom stereocenters. The third kappa shape index (κ3) is 3.90. The maximum atomic E-state index is 11.9. The fourth-order valence-electron chi connectivity index (χ4n) is 1.40. The molecule has 0 aliphatic rings. The molecule has 0 saturated carbocycles. The van der Waals surface area contributed by atoms with E-state index in [0.717, 1.165) is 4.47 Å². The quantitative estimate of drug-likeness (QED) is 0.920. The van der Waals surface area contributed by atoms with Crippen LogP contribution in [0.2, 0.25) is 0 Å². The number of pyridine rings is 1. The summed E-state index contributed by atoms with van der Waals surface area (Å²) in [5, 5.41) is 9.62. The number of carbonyl (C=O) groups is 1. The second-order valence-electron chi connectivity index (χ2n) is 4.37. The van der Waals surface area contributed by atoms with Crippen molar-refractivity contribution in [2.24, 2.45) is 0 Å². The highest BCUT2D eigenvalue weighted by atomic mass is 79.9. The Hall–Kier alpha value is -0.940. The number of amides is 1. The van der Waals surface area contributed by atoms with Crippen LogP contribution in [0.15, 0.2) is 22.9 Å². The molecular weight excluding hydrogens is 272 g/mol. The Morgan fingerprint density at radius 1 is 1.56 bits per heavy atom. The first kappa shape index (κ1) is 13.1. The predicted molar refractivity (Wildman–Crippen MR) is 65.2 cm³/mol. The number of carbonyl (C=O) groups excluding carboxylic acids is 1. The molecule has 0 bridgehead atoms. The Labute approximate surface area is 103 Å². The molecule has 1 N–H and O–H groups in total.